The minimum absolute atomic E-state index is 0.582. The molecular formula is C10H14N2S. The molecule has 3 atom stereocenters. The van der Waals surface area contributed by atoms with Crippen molar-refractivity contribution in [2.24, 2.45) is 10.9 Å². The molecule has 1 aliphatic carbocycles. The molecule has 0 bridgehead atoms. The summed E-state index contributed by atoms with van der Waals surface area (Å²) >= 11 is 1.87. The van der Waals surface area contributed by atoms with Crippen molar-refractivity contribution >= 4 is 17.3 Å². The van der Waals surface area contributed by atoms with E-state index in [1.165, 1.54) is 31.5 Å². The zero-order valence-electron chi connectivity index (χ0n) is 7.57. The van der Waals surface area contributed by atoms with Gasteiger partial charge in [-0.3, -0.25) is 4.99 Å². The highest BCUT2D eigenvalue weighted by Gasteiger charge is 2.34. The molecule has 1 saturated heterocycles. The van der Waals surface area contributed by atoms with Crippen molar-refractivity contribution in [1.29, 1.82) is 0 Å². The quantitative estimate of drug-likeness (QED) is 0.635. The molecule has 2 aliphatic heterocycles. The molecular weight excluding hydrogens is 180 g/mol. The first-order valence-corrected chi connectivity index (χ1v) is 6.00. The van der Waals surface area contributed by atoms with Crippen LogP contribution in [-0.2, 0) is 0 Å². The van der Waals surface area contributed by atoms with Crippen molar-refractivity contribution < 1.29 is 0 Å². The Morgan fingerprint density at radius 3 is 3.54 bits per heavy atom. The molecule has 0 aromatic rings. The predicted molar refractivity (Wildman–Crippen MR) is 57.1 cm³/mol. The van der Waals surface area contributed by atoms with Crippen molar-refractivity contribution in [1.82, 2.24) is 5.32 Å². The van der Waals surface area contributed by atoms with Crippen LogP contribution in [0.2, 0.25) is 0 Å². The van der Waals surface area contributed by atoms with Gasteiger partial charge in [-0.1, -0.05) is 0 Å². The third-order valence-electron chi connectivity index (χ3n) is 3.22. The van der Waals surface area contributed by atoms with Crippen molar-refractivity contribution in [2.75, 3.05) is 6.54 Å². The maximum absolute atomic E-state index is 4.51. The van der Waals surface area contributed by atoms with E-state index in [1.807, 2.05) is 17.3 Å². The SMILES string of the molecule is C1=NC2CC3CCCNC3=CC2S1. The Bertz CT molecular complexity index is 272. The molecule has 0 radical (unpaired) electrons. The molecule has 2 heterocycles. The zero-order valence-corrected chi connectivity index (χ0v) is 8.39. The highest BCUT2D eigenvalue weighted by Crippen LogP contribution is 2.38. The Balaban J connectivity index is 1.86. The Hall–Kier alpha value is -0.440. The van der Waals surface area contributed by atoms with Gasteiger partial charge >= 0.3 is 0 Å². The number of hydrogen-bond acceptors (Lipinski definition) is 3. The molecule has 3 unspecified atom stereocenters. The number of hydrogen-bond donors (Lipinski definition) is 1. The lowest BCUT2D eigenvalue weighted by atomic mass is 9.83. The van der Waals surface area contributed by atoms with Gasteiger partial charge < -0.3 is 5.32 Å². The first-order valence-electron chi connectivity index (χ1n) is 5.06. The van der Waals surface area contributed by atoms with Crippen LogP contribution in [0.5, 0.6) is 0 Å². The summed E-state index contributed by atoms with van der Waals surface area (Å²) in [5, 5.41) is 4.16. The predicted octanol–water partition coefficient (Wildman–Crippen LogP) is 1.79. The van der Waals surface area contributed by atoms with Gasteiger partial charge in [-0.05, 0) is 25.3 Å². The third-order valence-corrected chi connectivity index (χ3v) is 4.23. The smallest absolute Gasteiger partial charge is 0.0670 e. The van der Waals surface area contributed by atoms with Gasteiger partial charge in [-0.25, -0.2) is 0 Å². The van der Waals surface area contributed by atoms with Gasteiger partial charge in [0.1, 0.15) is 0 Å². The number of thioether (sulfide) groups is 1. The minimum atomic E-state index is 0.582. The topological polar surface area (TPSA) is 24.4 Å². The van der Waals surface area contributed by atoms with Crippen LogP contribution in [0.25, 0.3) is 0 Å². The summed E-state index contributed by atoms with van der Waals surface area (Å²) in [5.41, 5.74) is 3.54. The second-order valence-corrected chi connectivity index (χ2v) is 5.07. The Labute approximate surface area is 82.9 Å². The van der Waals surface area contributed by atoms with Gasteiger partial charge in [0.15, 0.2) is 0 Å². The van der Waals surface area contributed by atoms with Crippen LogP contribution >= 0.6 is 11.8 Å². The van der Waals surface area contributed by atoms with Crippen LogP contribution in [0.1, 0.15) is 19.3 Å². The number of nitrogens with one attached hydrogen (secondary N) is 1. The lowest BCUT2D eigenvalue weighted by molar-refractivity contribution is 0.374. The lowest BCUT2D eigenvalue weighted by Crippen LogP contribution is -2.36. The largest absolute Gasteiger partial charge is 0.388 e. The Morgan fingerprint density at radius 2 is 2.54 bits per heavy atom. The average Bonchev–Trinajstić information content (AvgIpc) is 2.61. The van der Waals surface area contributed by atoms with Gasteiger partial charge in [0.2, 0.25) is 0 Å². The Morgan fingerprint density at radius 1 is 1.54 bits per heavy atom. The molecule has 0 saturated carbocycles. The van der Waals surface area contributed by atoms with E-state index in [1.54, 1.807) is 0 Å². The molecule has 0 amide bonds. The molecule has 0 spiro atoms. The van der Waals surface area contributed by atoms with Gasteiger partial charge in [0.25, 0.3) is 0 Å². The summed E-state index contributed by atoms with van der Waals surface area (Å²) in [6, 6.07) is 0.582. The molecule has 3 aliphatic rings. The summed E-state index contributed by atoms with van der Waals surface area (Å²) in [4.78, 5) is 4.51. The first kappa shape index (κ1) is 7.92. The lowest BCUT2D eigenvalue weighted by Gasteiger charge is -2.34. The molecule has 70 valence electrons. The highest BCUT2D eigenvalue weighted by atomic mass is 32.2. The fourth-order valence-electron chi connectivity index (χ4n) is 2.49. The summed E-state index contributed by atoms with van der Waals surface area (Å²) < 4.78 is 0. The summed E-state index contributed by atoms with van der Waals surface area (Å²) in [7, 11) is 0. The second kappa shape index (κ2) is 3.05. The molecule has 13 heavy (non-hydrogen) atoms. The van der Waals surface area contributed by atoms with E-state index in [0.29, 0.717) is 11.3 Å². The van der Waals surface area contributed by atoms with E-state index < -0.39 is 0 Å². The summed E-state index contributed by atoms with van der Waals surface area (Å²) in [6.45, 7) is 1.17. The van der Waals surface area contributed by atoms with Crippen LogP contribution in [-0.4, -0.2) is 23.4 Å². The van der Waals surface area contributed by atoms with Crippen LogP contribution in [0.4, 0.5) is 0 Å². The number of rotatable bonds is 0. The van der Waals surface area contributed by atoms with Crippen molar-refractivity contribution in [3.05, 3.63) is 11.8 Å². The zero-order chi connectivity index (χ0) is 8.67. The number of nitrogens with zero attached hydrogens (tertiary/aromatic N) is 1. The summed E-state index contributed by atoms with van der Waals surface area (Å²) in [6.07, 6.45) is 6.38. The monoisotopic (exact) mass is 194 g/mol. The van der Waals surface area contributed by atoms with E-state index >= 15 is 0 Å². The molecule has 1 fully saturated rings. The number of allylic oxidation sites excluding steroid dienone is 1. The third kappa shape index (κ3) is 1.30. The maximum Gasteiger partial charge on any atom is 0.0670 e. The van der Waals surface area contributed by atoms with Gasteiger partial charge in [-0.2, -0.15) is 0 Å². The summed E-state index contributed by atoms with van der Waals surface area (Å²) in [5.74, 6) is 0.783. The molecule has 0 aromatic carbocycles. The standard InChI is InChI=1S/C10H14N2S/c1-2-7-4-9-10(13-6-12-9)5-8(7)11-3-1/h5-7,9-11H,1-4H2. The van der Waals surface area contributed by atoms with Crippen molar-refractivity contribution in [2.45, 2.75) is 30.6 Å². The van der Waals surface area contributed by atoms with Crippen LogP contribution in [0, 0.1) is 5.92 Å². The van der Waals surface area contributed by atoms with E-state index in [0.717, 1.165) is 5.92 Å². The average molecular weight is 194 g/mol. The van der Waals surface area contributed by atoms with E-state index in [2.05, 4.69) is 16.4 Å². The second-order valence-electron chi connectivity index (χ2n) is 4.05. The Kier molecular flexibility index (Phi) is 1.86. The highest BCUT2D eigenvalue weighted by molar-refractivity contribution is 8.13. The molecule has 2 nitrogen and oxygen atoms in total. The number of piperidine rings is 1. The minimum Gasteiger partial charge on any atom is -0.388 e. The molecule has 3 rings (SSSR count). The normalized spacial score (nSPS) is 41.8. The molecule has 0 aromatic heterocycles. The molecule has 3 heteroatoms. The molecule has 1 N–H and O–H groups in total. The number of fused-ring (bicyclic) bond motifs is 2. The van der Waals surface area contributed by atoms with E-state index in [9.17, 15) is 0 Å². The van der Waals surface area contributed by atoms with Gasteiger partial charge in [-0.15, -0.1) is 11.8 Å². The van der Waals surface area contributed by atoms with Crippen molar-refractivity contribution in [3.8, 4) is 0 Å². The van der Waals surface area contributed by atoms with Crippen LogP contribution in [0.15, 0.2) is 16.8 Å². The van der Waals surface area contributed by atoms with Crippen LogP contribution < -0.4 is 5.32 Å². The van der Waals surface area contributed by atoms with Gasteiger partial charge in [0, 0.05) is 18.2 Å². The van der Waals surface area contributed by atoms with Crippen LogP contribution in [0.3, 0.4) is 0 Å². The van der Waals surface area contributed by atoms with Crippen molar-refractivity contribution in [3.63, 3.8) is 0 Å². The number of aliphatic imine (C=N–C) groups is 1. The fraction of sp³-hybridized carbons (Fsp3) is 0.700. The van der Waals surface area contributed by atoms with E-state index in [4.69, 9.17) is 0 Å². The maximum atomic E-state index is 4.51. The first-order chi connectivity index (χ1) is 6.43. The van der Waals surface area contributed by atoms with Gasteiger partial charge in [0.05, 0.1) is 16.8 Å². The van der Waals surface area contributed by atoms with E-state index in [-0.39, 0.29) is 0 Å². The fourth-order valence-corrected chi connectivity index (χ4v) is 3.45.